The van der Waals surface area contributed by atoms with Gasteiger partial charge in [-0.3, -0.25) is 5.32 Å². The van der Waals surface area contributed by atoms with Crippen LogP contribution in [0.4, 0.5) is 13.2 Å². The second-order valence-electron chi connectivity index (χ2n) is 7.85. The minimum atomic E-state index is -4.46. The van der Waals surface area contributed by atoms with Crippen LogP contribution >= 0.6 is 0 Å². The molecule has 34 heavy (non-hydrogen) atoms. The minimum Gasteiger partial charge on any atom is -0.457 e. The average Bonchev–Trinajstić information content (AvgIpc) is 3.51. The Kier molecular flexibility index (Phi) is 6.99. The lowest BCUT2D eigenvalue weighted by Crippen LogP contribution is -2.48. The number of nitrogens with zero attached hydrogens (tertiary/aromatic N) is 1. The van der Waals surface area contributed by atoms with E-state index in [4.69, 9.17) is 9.15 Å². The summed E-state index contributed by atoms with van der Waals surface area (Å²) in [5.41, 5.74) is -0.0243. The van der Waals surface area contributed by atoms with Gasteiger partial charge in [0.25, 0.3) is 10.0 Å². The molecule has 182 valence electrons. The number of sulfonamides is 1. The highest BCUT2D eigenvalue weighted by molar-refractivity contribution is 7.89. The van der Waals surface area contributed by atoms with Gasteiger partial charge in [-0.15, -0.1) is 0 Å². The summed E-state index contributed by atoms with van der Waals surface area (Å²) in [7, 11) is -3.84. The van der Waals surface area contributed by atoms with Crippen molar-refractivity contribution in [1.29, 1.82) is 0 Å². The number of hydrogen-bond donors (Lipinski definition) is 2. The lowest BCUT2D eigenvalue weighted by atomic mass is 10.1. The first kappa shape index (κ1) is 24.3. The smallest absolute Gasteiger partial charge is 0.416 e. The zero-order valence-electron chi connectivity index (χ0n) is 17.9. The Balaban J connectivity index is 1.35. The molecule has 2 heterocycles. The van der Waals surface area contributed by atoms with Gasteiger partial charge in [-0.2, -0.15) is 17.5 Å². The van der Waals surface area contributed by atoms with Crippen molar-refractivity contribution in [3.8, 4) is 11.5 Å². The van der Waals surface area contributed by atoms with E-state index in [0.717, 1.165) is 17.7 Å². The van der Waals surface area contributed by atoms with E-state index in [9.17, 15) is 26.7 Å². The number of nitrogens with one attached hydrogen (secondary N) is 1. The topological polar surface area (TPSA) is 92.0 Å². The molecule has 3 aromatic rings. The molecule has 0 spiro atoms. The summed E-state index contributed by atoms with van der Waals surface area (Å²) >= 11 is 0. The lowest BCUT2D eigenvalue weighted by molar-refractivity contribution is -0.137. The second-order valence-corrected chi connectivity index (χ2v) is 9.68. The zero-order chi connectivity index (χ0) is 24.3. The molecule has 1 aliphatic heterocycles. The number of rotatable bonds is 8. The van der Waals surface area contributed by atoms with E-state index in [2.05, 4.69) is 5.32 Å². The van der Waals surface area contributed by atoms with Crippen LogP contribution in [0.25, 0.3) is 0 Å². The van der Waals surface area contributed by atoms with Crippen molar-refractivity contribution in [2.75, 3.05) is 6.54 Å². The summed E-state index contributed by atoms with van der Waals surface area (Å²) in [6, 6.07) is 13.4. The molecule has 1 fully saturated rings. The fraction of sp³-hybridized carbons (Fsp3) is 0.304. The number of furan rings is 1. The summed E-state index contributed by atoms with van der Waals surface area (Å²) in [5, 5.41) is 13.4. The van der Waals surface area contributed by atoms with Gasteiger partial charge in [-0.1, -0.05) is 18.2 Å². The third kappa shape index (κ3) is 5.44. The van der Waals surface area contributed by atoms with E-state index in [-0.39, 0.29) is 23.9 Å². The van der Waals surface area contributed by atoms with Crippen molar-refractivity contribution < 1.29 is 35.8 Å². The second kappa shape index (κ2) is 9.79. The molecule has 7 nitrogen and oxygen atoms in total. The van der Waals surface area contributed by atoms with E-state index in [0.29, 0.717) is 18.6 Å². The third-order valence-corrected chi connectivity index (χ3v) is 7.32. The molecule has 2 atom stereocenters. The molecule has 0 radical (unpaired) electrons. The number of benzene rings is 2. The average molecular weight is 497 g/mol. The van der Waals surface area contributed by atoms with Crippen LogP contribution in [0.3, 0.4) is 0 Å². The third-order valence-electron chi connectivity index (χ3n) is 5.51. The standard InChI is InChI=1S/C23H23F3N2O5S/c24-23(25,26)17-4-1-5-19(14-17)33-18-10-8-16(9-11-18)15-27-22(29)20-6-2-12-28(20)34(30,31)21-7-3-13-32-21/h1,3-5,7-11,13-14,20,22,27,29H,2,6,12,15H2. The first-order valence-corrected chi connectivity index (χ1v) is 12.0. The number of aliphatic hydroxyl groups excluding tert-OH is 1. The maximum absolute atomic E-state index is 12.9. The number of alkyl halides is 3. The van der Waals surface area contributed by atoms with E-state index in [1.807, 2.05) is 0 Å². The van der Waals surface area contributed by atoms with Crippen LogP contribution in [0.1, 0.15) is 24.0 Å². The van der Waals surface area contributed by atoms with Gasteiger partial charge < -0.3 is 14.3 Å². The monoisotopic (exact) mass is 496 g/mol. The number of aliphatic hydroxyl groups is 1. The Morgan fingerprint density at radius 3 is 2.56 bits per heavy atom. The Morgan fingerprint density at radius 2 is 1.88 bits per heavy atom. The van der Waals surface area contributed by atoms with Gasteiger partial charge in [0, 0.05) is 13.1 Å². The fourth-order valence-electron chi connectivity index (χ4n) is 3.81. The maximum atomic E-state index is 12.9. The normalized spacial score (nSPS) is 18.2. The Labute approximate surface area is 194 Å². The first-order valence-electron chi connectivity index (χ1n) is 10.6. The van der Waals surface area contributed by atoms with Crippen LogP contribution in [-0.2, 0) is 22.7 Å². The van der Waals surface area contributed by atoms with Gasteiger partial charge in [0.1, 0.15) is 17.7 Å². The largest absolute Gasteiger partial charge is 0.457 e. The molecule has 1 aromatic heterocycles. The van der Waals surface area contributed by atoms with Gasteiger partial charge in [0.15, 0.2) is 0 Å². The fourth-order valence-corrected chi connectivity index (χ4v) is 5.42. The predicted molar refractivity (Wildman–Crippen MR) is 116 cm³/mol. The Morgan fingerprint density at radius 1 is 1.12 bits per heavy atom. The summed E-state index contributed by atoms with van der Waals surface area (Å²) in [6.07, 6.45) is -3.16. The van der Waals surface area contributed by atoms with Gasteiger partial charge in [-0.25, -0.2) is 8.42 Å². The molecule has 2 aromatic carbocycles. The molecule has 1 saturated heterocycles. The molecule has 0 aliphatic carbocycles. The van der Waals surface area contributed by atoms with E-state index in [1.54, 1.807) is 24.3 Å². The molecule has 2 unspecified atom stereocenters. The predicted octanol–water partition coefficient (Wildman–Crippen LogP) is 4.35. The first-order chi connectivity index (χ1) is 16.1. The molecule has 4 rings (SSSR count). The SMILES string of the molecule is O=S(=O)(c1ccco1)N1CCCC1C(O)NCc1ccc(Oc2cccc(C(F)(F)F)c2)cc1. The van der Waals surface area contributed by atoms with Crippen LogP contribution < -0.4 is 10.1 Å². The lowest BCUT2D eigenvalue weighted by Gasteiger charge is -2.27. The zero-order valence-corrected chi connectivity index (χ0v) is 18.7. The van der Waals surface area contributed by atoms with Crippen LogP contribution in [0.5, 0.6) is 11.5 Å². The van der Waals surface area contributed by atoms with Crippen LogP contribution in [0, 0.1) is 0 Å². The highest BCUT2D eigenvalue weighted by Gasteiger charge is 2.40. The van der Waals surface area contributed by atoms with Gasteiger partial charge >= 0.3 is 6.18 Å². The summed E-state index contributed by atoms with van der Waals surface area (Å²) in [5.74, 6) is 0.422. The highest BCUT2D eigenvalue weighted by atomic mass is 32.2. The molecule has 2 N–H and O–H groups in total. The Hall–Kier alpha value is -2.86. The molecule has 0 amide bonds. The van der Waals surface area contributed by atoms with E-state index in [1.165, 1.54) is 34.8 Å². The van der Waals surface area contributed by atoms with Crippen LogP contribution in [-0.4, -0.2) is 36.6 Å². The number of hydrogen-bond acceptors (Lipinski definition) is 6. The number of ether oxygens (including phenoxy) is 1. The van der Waals surface area contributed by atoms with E-state index < -0.39 is 34.0 Å². The Bertz CT molecular complexity index is 1200. The molecular weight excluding hydrogens is 473 g/mol. The summed E-state index contributed by atoms with van der Waals surface area (Å²) in [4.78, 5) is 0. The highest BCUT2D eigenvalue weighted by Crippen LogP contribution is 2.33. The summed E-state index contributed by atoms with van der Waals surface area (Å²) in [6.45, 7) is 0.532. The van der Waals surface area contributed by atoms with Crippen molar-refractivity contribution in [3.05, 3.63) is 78.1 Å². The van der Waals surface area contributed by atoms with Crippen molar-refractivity contribution in [2.24, 2.45) is 0 Å². The molecular formula is C23H23F3N2O5S. The van der Waals surface area contributed by atoms with Gasteiger partial charge in [0.05, 0.1) is 17.9 Å². The molecule has 0 saturated carbocycles. The number of halogens is 3. The van der Waals surface area contributed by atoms with Crippen molar-refractivity contribution in [1.82, 2.24) is 9.62 Å². The van der Waals surface area contributed by atoms with Gasteiger partial charge in [-0.05, 0) is 60.9 Å². The van der Waals surface area contributed by atoms with Crippen LogP contribution in [0.15, 0.2) is 76.4 Å². The van der Waals surface area contributed by atoms with Crippen molar-refractivity contribution in [2.45, 2.75) is 42.9 Å². The van der Waals surface area contributed by atoms with Crippen molar-refractivity contribution in [3.63, 3.8) is 0 Å². The quantitative estimate of drug-likeness (QED) is 0.451. The molecule has 11 heteroatoms. The van der Waals surface area contributed by atoms with E-state index >= 15 is 0 Å². The van der Waals surface area contributed by atoms with Gasteiger partial charge in [0.2, 0.25) is 5.09 Å². The minimum absolute atomic E-state index is 0.0650. The molecule has 1 aliphatic rings. The molecule has 0 bridgehead atoms. The van der Waals surface area contributed by atoms with Crippen molar-refractivity contribution >= 4 is 10.0 Å². The summed E-state index contributed by atoms with van der Waals surface area (Å²) < 4.78 is 75.9. The maximum Gasteiger partial charge on any atom is 0.416 e. The van der Waals surface area contributed by atoms with Crippen LogP contribution in [0.2, 0.25) is 0 Å².